The Labute approximate surface area is 106 Å². The first-order valence-corrected chi connectivity index (χ1v) is 6.51. The van der Waals surface area contributed by atoms with Crippen LogP contribution in [0.3, 0.4) is 0 Å². The van der Waals surface area contributed by atoms with Crippen molar-refractivity contribution in [2.75, 3.05) is 6.54 Å². The first-order valence-electron chi connectivity index (χ1n) is 6.51. The van der Waals surface area contributed by atoms with Gasteiger partial charge < -0.3 is 15.2 Å². The normalized spacial score (nSPS) is 20.8. The zero-order chi connectivity index (χ0) is 12.5. The van der Waals surface area contributed by atoms with Gasteiger partial charge in [-0.1, -0.05) is 6.07 Å². The van der Waals surface area contributed by atoms with Gasteiger partial charge in [0.25, 0.3) is 0 Å². The van der Waals surface area contributed by atoms with Gasteiger partial charge in [0, 0.05) is 12.0 Å². The van der Waals surface area contributed by atoms with Gasteiger partial charge in [-0.2, -0.15) is 0 Å². The molecule has 2 N–H and O–H groups in total. The molecule has 1 aliphatic heterocycles. The fourth-order valence-corrected chi connectivity index (χ4v) is 2.98. The van der Waals surface area contributed by atoms with Crippen molar-refractivity contribution in [1.29, 1.82) is 0 Å². The molecule has 0 aromatic heterocycles. The minimum absolute atomic E-state index is 0.0514. The second-order valence-electron chi connectivity index (χ2n) is 5.02. The largest absolute Gasteiger partial charge is 0.488 e. The third-order valence-electron chi connectivity index (χ3n) is 3.81. The van der Waals surface area contributed by atoms with E-state index in [1.165, 1.54) is 36.0 Å². The van der Waals surface area contributed by atoms with Gasteiger partial charge in [-0.15, -0.1) is 0 Å². The van der Waals surface area contributed by atoms with Gasteiger partial charge in [0.2, 0.25) is 0 Å². The van der Waals surface area contributed by atoms with Crippen LogP contribution in [0.5, 0.6) is 5.75 Å². The van der Waals surface area contributed by atoms with Crippen LogP contribution in [-0.4, -0.2) is 23.8 Å². The molecule has 1 aromatic rings. The Hall–Kier alpha value is -1.71. The highest BCUT2D eigenvalue weighted by Gasteiger charge is 2.27. The second-order valence-corrected chi connectivity index (χ2v) is 5.02. The van der Waals surface area contributed by atoms with Gasteiger partial charge in [-0.25, -0.2) is 4.79 Å². The van der Waals surface area contributed by atoms with Crippen LogP contribution in [0.15, 0.2) is 12.1 Å². The number of amides is 1. The van der Waals surface area contributed by atoms with E-state index in [9.17, 15) is 4.79 Å². The monoisotopic (exact) mass is 247 g/mol. The topological polar surface area (TPSA) is 58.6 Å². The summed E-state index contributed by atoms with van der Waals surface area (Å²) >= 11 is 0. The number of hydrogen-bond acceptors (Lipinski definition) is 2. The summed E-state index contributed by atoms with van der Waals surface area (Å²) in [6.07, 6.45) is 4.62. The molecule has 0 spiro atoms. The summed E-state index contributed by atoms with van der Waals surface area (Å²) in [4.78, 5) is 10.5. The van der Waals surface area contributed by atoms with Gasteiger partial charge in [0.1, 0.15) is 11.9 Å². The molecule has 1 heterocycles. The van der Waals surface area contributed by atoms with Gasteiger partial charge in [0.05, 0.1) is 6.54 Å². The number of hydrogen-bond donors (Lipinski definition) is 2. The first kappa shape index (κ1) is 11.4. The molecular formula is C14H17NO3. The van der Waals surface area contributed by atoms with Gasteiger partial charge in [-0.3, -0.25) is 0 Å². The Kier molecular flexibility index (Phi) is 2.86. The molecule has 0 saturated carbocycles. The fourth-order valence-electron chi connectivity index (χ4n) is 2.98. The Balaban J connectivity index is 1.78. The summed E-state index contributed by atoms with van der Waals surface area (Å²) in [5.74, 6) is 0.952. The maximum atomic E-state index is 10.5. The summed E-state index contributed by atoms with van der Waals surface area (Å²) in [7, 11) is 0. The maximum absolute atomic E-state index is 10.5. The van der Waals surface area contributed by atoms with Crippen LogP contribution < -0.4 is 10.1 Å². The zero-order valence-electron chi connectivity index (χ0n) is 10.2. The minimum Gasteiger partial charge on any atom is -0.488 e. The van der Waals surface area contributed by atoms with Crippen LogP contribution in [0.25, 0.3) is 0 Å². The Bertz CT molecular complexity index is 484. The van der Waals surface area contributed by atoms with Crippen molar-refractivity contribution in [1.82, 2.24) is 5.32 Å². The number of benzene rings is 1. The van der Waals surface area contributed by atoms with Crippen LogP contribution in [-0.2, 0) is 19.3 Å². The van der Waals surface area contributed by atoms with E-state index in [0.717, 1.165) is 18.6 Å². The highest BCUT2D eigenvalue weighted by molar-refractivity contribution is 5.64. The van der Waals surface area contributed by atoms with Crippen LogP contribution in [0.4, 0.5) is 4.79 Å². The van der Waals surface area contributed by atoms with Gasteiger partial charge in [0.15, 0.2) is 0 Å². The zero-order valence-corrected chi connectivity index (χ0v) is 10.2. The maximum Gasteiger partial charge on any atom is 0.404 e. The number of fused-ring (bicyclic) bond motifs is 3. The lowest BCUT2D eigenvalue weighted by Crippen LogP contribution is -2.33. The smallest absolute Gasteiger partial charge is 0.404 e. The lowest BCUT2D eigenvalue weighted by atomic mass is 9.87. The van der Waals surface area contributed by atoms with E-state index < -0.39 is 6.09 Å². The molecule has 0 bridgehead atoms. The molecule has 18 heavy (non-hydrogen) atoms. The molecule has 1 unspecified atom stereocenters. The average Bonchev–Trinajstić information content (AvgIpc) is 2.79. The summed E-state index contributed by atoms with van der Waals surface area (Å²) in [6.45, 7) is 0.360. The molecular weight excluding hydrogens is 230 g/mol. The molecule has 1 atom stereocenters. The molecule has 0 fully saturated rings. The fraction of sp³-hybridized carbons (Fsp3) is 0.500. The van der Waals surface area contributed by atoms with E-state index >= 15 is 0 Å². The van der Waals surface area contributed by atoms with E-state index in [2.05, 4.69) is 11.4 Å². The first-order chi connectivity index (χ1) is 8.74. The SMILES string of the molecule is O=C(O)NCC1Cc2c(ccc3c2CCCC3)O1. The highest BCUT2D eigenvalue weighted by Crippen LogP contribution is 2.36. The summed E-state index contributed by atoms with van der Waals surface area (Å²) in [5.41, 5.74) is 4.22. The third-order valence-corrected chi connectivity index (χ3v) is 3.81. The minimum atomic E-state index is -0.989. The van der Waals surface area contributed by atoms with Gasteiger partial charge >= 0.3 is 6.09 Å². The predicted octanol–water partition coefficient (Wildman–Crippen LogP) is 2.14. The van der Waals surface area contributed by atoms with E-state index in [-0.39, 0.29) is 6.10 Å². The van der Waals surface area contributed by atoms with E-state index in [4.69, 9.17) is 9.84 Å². The van der Waals surface area contributed by atoms with Crippen molar-refractivity contribution in [2.24, 2.45) is 0 Å². The van der Waals surface area contributed by atoms with Gasteiger partial charge in [-0.05, 0) is 42.9 Å². The molecule has 0 radical (unpaired) electrons. The Morgan fingerprint density at radius 2 is 2.17 bits per heavy atom. The second kappa shape index (κ2) is 4.52. The lowest BCUT2D eigenvalue weighted by molar-refractivity contribution is 0.181. The van der Waals surface area contributed by atoms with E-state index in [1.54, 1.807) is 0 Å². The summed E-state index contributed by atoms with van der Waals surface area (Å²) < 4.78 is 5.80. The number of rotatable bonds is 2. The molecule has 4 heteroatoms. The average molecular weight is 247 g/mol. The van der Waals surface area contributed by atoms with E-state index in [0.29, 0.717) is 6.54 Å². The predicted molar refractivity (Wildman–Crippen MR) is 67.2 cm³/mol. The number of nitrogens with one attached hydrogen (secondary N) is 1. The molecule has 3 rings (SSSR count). The lowest BCUT2D eigenvalue weighted by Gasteiger charge is -2.17. The standard InChI is InChI=1S/C14H17NO3/c16-14(17)15-8-10-7-12-11-4-2-1-3-9(11)5-6-13(12)18-10/h5-6,10,15H,1-4,7-8H2,(H,16,17). The number of aryl methyl sites for hydroxylation is 1. The van der Waals surface area contributed by atoms with Crippen molar-refractivity contribution in [3.05, 3.63) is 28.8 Å². The molecule has 1 aliphatic carbocycles. The van der Waals surface area contributed by atoms with Crippen LogP contribution >= 0.6 is 0 Å². The molecule has 2 aliphatic rings. The van der Waals surface area contributed by atoms with Crippen molar-refractivity contribution in [3.8, 4) is 5.75 Å². The number of carbonyl (C=O) groups is 1. The number of ether oxygens (including phenoxy) is 1. The highest BCUT2D eigenvalue weighted by atomic mass is 16.5. The van der Waals surface area contributed by atoms with E-state index in [1.807, 2.05) is 6.07 Å². The van der Waals surface area contributed by atoms with Crippen molar-refractivity contribution >= 4 is 6.09 Å². The molecule has 0 saturated heterocycles. The summed E-state index contributed by atoms with van der Waals surface area (Å²) in [5, 5.41) is 11.0. The number of carboxylic acid groups (broad SMARTS) is 1. The quantitative estimate of drug-likeness (QED) is 0.841. The van der Waals surface area contributed by atoms with Crippen LogP contribution in [0, 0.1) is 0 Å². The molecule has 4 nitrogen and oxygen atoms in total. The third kappa shape index (κ3) is 2.03. The summed E-state index contributed by atoms with van der Waals surface area (Å²) in [6, 6.07) is 4.21. The van der Waals surface area contributed by atoms with Crippen LogP contribution in [0.2, 0.25) is 0 Å². The molecule has 1 aromatic carbocycles. The Morgan fingerprint density at radius 3 is 3.00 bits per heavy atom. The molecule has 96 valence electrons. The van der Waals surface area contributed by atoms with Crippen LogP contribution in [0.1, 0.15) is 29.5 Å². The van der Waals surface area contributed by atoms with Crippen molar-refractivity contribution in [3.63, 3.8) is 0 Å². The molecule has 1 amide bonds. The van der Waals surface area contributed by atoms with Crippen molar-refractivity contribution in [2.45, 2.75) is 38.2 Å². The Morgan fingerprint density at radius 1 is 1.33 bits per heavy atom. The van der Waals surface area contributed by atoms with Crippen molar-refractivity contribution < 1.29 is 14.6 Å².